The standard InChI is InChI=1S/C22H35N5O.HI/c1-4-23-22(24-11-7-13-26-12-6-10-21(26)28)27-16-14-25(15-17-27)20-9-5-8-18(2)19(20)3;/h5,8-9H,4,6-7,10-17H2,1-3H3,(H,23,24);1H. The zero-order chi connectivity index (χ0) is 19.9. The molecule has 0 saturated carbocycles. The van der Waals surface area contributed by atoms with Crippen molar-refractivity contribution >= 4 is 41.5 Å². The highest BCUT2D eigenvalue weighted by molar-refractivity contribution is 14.0. The highest BCUT2D eigenvalue weighted by atomic mass is 127. The van der Waals surface area contributed by atoms with Gasteiger partial charge in [-0.1, -0.05) is 12.1 Å². The Morgan fingerprint density at radius 1 is 1.14 bits per heavy atom. The third kappa shape index (κ3) is 6.23. The Labute approximate surface area is 192 Å². The van der Waals surface area contributed by atoms with E-state index in [1.54, 1.807) is 0 Å². The van der Waals surface area contributed by atoms with Gasteiger partial charge in [-0.15, -0.1) is 24.0 Å². The lowest BCUT2D eigenvalue weighted by molar-refractivity contribution is -0.127. The second kappa shape index (κ2) is 11.6. The van der Waals surface area contributed by atoms with Crippen LogP contribution in [0.4, 0.5) is 5.69 Å². The number of nitrogens with zero attached hydrogens (tertiary/aromatic N) is 4. The van der Waals surface area contributed by atoms with Gasteiger partial charge in [0, 0.05) is 64.5 Å². The molecule has 2 aliphatic heterocycles. The SMILES string of the molecule is CCNC(=NCCCN1CCCC1=O)N1CCN(c2cccc(C)c2C)CC1.I. The van der Waals surface area contributed by atoms with E-state index in [9.17, 15) is 4.79 Å². The number of amides is 1. The molecule has 0 unspecified atom stereocenters. The van der Waals surface area contributed by atoms with Crippen LogP contribution in [0.15, 0.2) is 23.2 Å². The van der Waals surface area contributed by atoms with Crippen LogP contribution in [0, 0.1) is 13.8 Å². The molecule has 29 heavy (non-hydrogen) atoms. The maximum atomic E-state index is 11.7. The minimum atomic E-state index is 0. The largest absolute Gasteiger partial charge is 0.368 e. The third-order valence-electron chi connectivity index (χ3n) is 5.85. The fourth-order valence-electron chi connectivity index (χ4n) is 4.05. The van der Waals surface area contributed by atoms with Crippen molar-refractivity contribution in [3.05, 3.63) is 29.3 Å². The molecule has 2 heterocycles. The summed E-state index contributed by atoms with van der Waals surface area (Å²) in [6.45, 7) is 13.9. The van der Waals surface area contributed by atoms with Gasteiger partial charge in [0.2, 0.25) is 5.91 Å². The monoisotopic (exact) mass is 513 g/mol. The Morgan fingerprint density at radius 2 is 1.90 bits per heavy atom. The molecule has 1 aromatic rings. The number of guanidine groups is 1. The van der Waals surface area contributed by atoms with Crippen LogP contribution in [0.3, 0.4) is 0 Å². The van der Waals surface area contributed by atoms with Crippen LogP contribution in [0.5, 0.6) is 0 Å². The molecule has 162 valence electrons. The Hall–Kier alpha value is -1.51. The van der Waals surface area contributed by atoms with Crippen LogP contribution in [-0.2, 0) is 4.79 Å². The number of aliphatic imine (C=N–C) groups is 1. The van der Waals surface area contributed by atoms with Gasteiger partial charge in [-0.3, -0.25) is 9.79 Å². The van der Waals surface area contributed by atoms with E-state index in [1.807, 2.05) is 4.90 Å². The van der Waals surface area contributed by atoms with E-state index in [0.717, 1.165) is 77.6 Å². The number of carbonyl (C=O) groups is 1. The fourth-order valence-corrected chi connectivity index (χ4v) is 4.05. The predicted molar refractivity (Wildman–Crippen MR) is 132 cm³/mol. The average molecular weight is 513 g/mol. The van der Waals surface area contributed by atoms with Gasteiger partial charge in [0.1, 0.15) is 0 Å². The first kappa shape index (κ1) is 23.8. The number of likely N-dealkylation sites (tertiary alicyclic amines) is 1. The summed E-state index contributed by atoms with van der Waals surface area (Å²) in [5, 5.41) is 3.44. The number of piperazine rings is 1. The lowest BCUT2D eigenvalue weighted by Gasteiger charge is -2.38. The van der Waals surface area contributed by atoms with Crippen molar-refractivity contribution in [2.75, 3.05) is 57.3 Å². The van der Waals surface area contributed by atoms with Crippen LogP contribution in [-0.4, -0.2) is 74.0 Å². The minimum absolute atomic E-state index is 0. The van der Waals surface area contributed by atoms with Crippen LogP contribution < -0.4 is 10.2 Å². The summed E-state index contributed by atoms with van der Waals surface area (Å²) in [7, 11) is 0. The maximum absolute atomic E-state index is 11.7. The van der Waals surface area contributed by atoms with Gasteiger partial charge >= 0.3 is 0 Å². The highest BCUT2D eigenvalue weighted by Crippen LogP contribution is 2.23. The van der Waals surface area contributed by atoms with Crippen molar-refractivity contribution < 1.29 is 4.79 Å². The Morgan fingerprint density at radius 3 is 2.55 bits per heavy atom. The topological polar surface area (TPSA) is 51.2 Å². The van der Waals surface area contributed by atoms with Gasteiger partial charge in [-0.05, 0) is 50.8 Å². The quantitative estimate of drug-likeness (QED) is 0.275. The summed E-state index contributed by atoms with van der Waals surface area (Å²) in [6.07, 6.45) is 2.66. The van der Waals surface area contributed by atoms with Crippen molar-refractivity contribution in [1.29, 1.82) is 0 Å². The molecular formula is C22H36IN5O. The van der Waals surface area contributed by atoms with Crippen LogP contribution in [0.2, 0.25) is 0 Å². The maximum Gasteiger partial charge on any atom is 0.222 e. The molecule has 0 spiro atoms. The molecule has 0 radical (unpaired) electrons. The number of aryl methyl sites for hydroxylation is 1. The number of hydrogen-bond donors (Lipinski definition) is 1. The predicted octanol–water partition coefficient (Wildman–Crippen LogP) is 3.02. The lowest BCUT2D eigenvalue weighted by Crippen LogP contribution is -2.52. The molecule has 2 fully saturated rings. The van der Waals surface area contributed by atoms with Crippen molar-refractivity contribution in [3.63, 3.8) is 0 Å². The van der Waals surface area contributed by atoms with Gasteiger partial charge in [0.05, 0.1) is 0 Å². The van der Waals surface area contributed by atoms with E-state index in [2.05, 4.69) is 54.1 Å². The normalized spacial score (nSPS) is 17.6. The summed E-state index contributed by atoms with van der Waals surface area (Å²) in [6, 6.07) is 6.57. The number of carbonyl (C=O) groups excluding carboxylic acids is 1. The van der Waals surface area contributed by atoms with Gasteiger partial charge in [0.15, 0.2) is 5.96 Å². The highest BCUT2D eigenvalue weighted by Gasteiger charge is 2.21. The van der Waals surface area contributed by atoms with E-state index in [1.165, 1.54) is 16.8 Å². The second-order valence-electron chi connectivity index (χ2n) is 7.77. The molecule has 7 heteroatoms. The average Bonchev–Trinajstić information content (AvgIpc) is 3.11. The summed E-state index contributed by atoms with van der Waals surface area (Å²) in [5.41, 5.74) is 4.09. The molecule has 0 aromatic heterocycles. The van der Waals surface area contributed by atoms with Crippen molar-refractivity contribution in [3.8, 4) is 0 Å². The molecule has 2 saturated heterocycles. The Bertz CT molecular complexity index is 700. The van der Waals surface area contributed by atoms with Gasteiger partial charge < -0.3 is 20.0 Å². The van der Waals surface area contributed by atoms with Crippen molar-refractivity contribution in [2.45, 2.75) is 40.0 Å². The summed E-state index contributed by atoms with van der Waals surface area (Å²) >= 11 is 0. The van der Waals surface area contributed by atoms with E-state index in [0.29, 0.717) is 5.91 Å². The van der Waals surface area contributed by atoms with E-state index in [-0.39, 0.29) is 24.0 Å². The summed E-state index contributed by atoms with van der Waals surface area (Å²) < 4.78 is 0. The van der Waals surface area contributed by atoms with E-state index < -0.39 is 0 Å². The summed E-state index contributed by atoms with van der Waals surface area (Å²) in [5.74, 6) is 1.31. The number of nitrogens with one attached hydrogen (secondary N) is 1. The van der Waals surface area contributed by atoms with E-state index in [4.69, 9.17) is 4.99 Å². The van der Waals surface area contributed by atoms with Gasteiger partial charge in [-0.25, -0.2) is 0 Å². The number of benzene rings is 1. The molecule has 0 atom stereocenters. The second-order valence-corrected chi connectivity index (χ2v) is 7.77. The van der Waals surface area contributed by atoms with Gasteiger partial charge in [0.25, 0.3) is 0 Å². The Balaban J connectivity index is 0.00000300. The Kier molecular flexibility index (Phi) is 9.52. The molecule has 1 aromatic carbocycles. The molecule has 3 rings (SSSR count). The zero-order valence-electron chi connectivity index (χ0n) is 18.1. The van der Waals surface area contributed by atoms with Gasteiger partial charge in [-0.2, -0.15) is 0 Å². The first-order chi connectivity index (χ1) is 13.6. The molecule has 1 N–H and O–H groups in total. The molecule has 2 aliphatic rings. The van der Waals surface area contributed by atoms with Crippen molar-refractivity contribution in [1.82, 2.24) is 15.1 Å². The molecule has 6 nitrogen and oxygen atoms in total. The molecule has 1 amide bonds. The lowest BCUT2D eigenvalue weighted by atomic mass is 10.1. The zero-order valence-corrected chi connectivity index (χ0v) is 20.4. The molecular weight excluding hydrogens is 477 g/mol. The fraction of sp³-hybridized carbons (Fsp3) is 0.636. The van der Waals surface area contributed by atoms with Crippen molar-refractivity contribution in [2.24, 2.45) is 4.99 Å². The summed E-state index contributed by atoms with van der Waals surface area (Å²) in [4.78, 5) is 23.4. The number of halogens is 1. The van der Waals surface area contributed by atoms with Crippen LogP contribution in [0.25, 0.3) is 0 Å². The van der Waals surface area contributed by atoms with Crippen LogP contribution >= 0.6 is 24.0 Å². The molecule has 0 aliphatic carbocycles. The first-order valence-electron chi connectivity index (χ1n) is 10.7. The number of rotatable bonds is 6. The van der Waals surface area contributed by atoms with Crippen LogP contribution in [0.1, 0.15) is 37.3 Å². The number of hydrogen-bond acceptors (Lipinski definition) is 3. The third-order valence-corrected chi connectivity index (χ3v) is 5.85. The van der Waals surface area contributed by atoms with E-state index >= 15 is 0 Å². The first-order valence-corrected chi connectivity index (χ1v) is 10.7. The minimum Gasteiger partial charge on any atom is -0.368 e. The molecule has 0 bridgehead atoms. The number of anilines is 1. The smallest absolute Gasteiger partial charge is 0.222 e.